The fourth-order valence-corrected chi connectivity index (χ4v) is 2.64. The highest BCUT2D eigenvalue weighted by Crippen LogP contribution is 2.19. The summed E-state index contributed by atoms with van der Waals surface area (Å²) in [6, 6.07) is 12.0. The third-order valence-corrected chi connectivity index (χ3v) is 3.92. The molecule has 6 nitrogen and oxygen atoms in total. The van der Waals surface area contributed by atoms with Gasteiger partial charge in [0.05, 0.1) is 12.2 Å². The Morgan fingerprint density at radius 2 is 2.04 bits per heavy atom. The normalized spacial score (nSPS) is 11.9. The molecule has 3 rings (SSSR count). The Labute approximate surface area is 147 Å². The van der Waals surface area contributed by atoms with Crippen molar-refractivity contribution in [1.82, 2.24) is 15.4 Å². The molecule has 0 spiro atoms. The van der Waals surface area contributed by atoms with Crippen LogP contribution in [0.4, 0.5) is 0 Å². The maximum atomic E-state index is 5.89. The zero-order chi connectivity index (χ0) is 17.6. The number of nitrogens with zero attached hydrogens (tertiary/aromatic N) is 3. The van der Waals surface area contributed by atoms with E-state index in [0.717, 1.165) is 47.1 Å². The Kier molecular flexibility index (Phi) is 5.38. The summed E-state index contributed by atoms with van der Waals surface area (Å²) in [6.45, 7) is 5.99. The zero-order valence-electron chi connectivity index (χ0n) is 15.0. The molecule has 132 valence electrons. The van der Waals surface area contributed by atoms with Crippen molar-refractivity contribution < 1.29 is 8.94 Å². The van der Waals surface area contributed by atoms with E-state index in [1.165, 1.54) is 0 Å². The van der Waals surface area contributed by atoms with Crippen LogP contribution < -0.4 is 5.32 Å². The van der Waals surface area contributed by atoms with Crippen molar-refractivity contribution in [2.75, 3.05) is 13.6 Å². The second-order valence-electron chi connectivity index (χ2n) is 5.91. The first kappa shape index (κ1) is 17.1. The van der Waals surface area contributed by atoms with Gasteiger partial charge >= 0.3 is 0 Å². The van der Waals surface area contributed by atoms with E-state index >= 15 is 0 Å². The number of guanidine groups is 1. The number of nitrogens with one attached hydrogen (secondary N) is 1. The number of aryl methyl sites for hydroxylation is 1. The van der Waals surface area contributed by atoms with Crippen LogP contribution in [0, 0.1) is 0 Å². The van der Waals surface area contributed by atoms with Crippen molar-refractivity contribution in [3.8, 4) is 0 Å². The fourth-order valence-electron chi connectivity index (χ4n) is 2.64. The van der Waals surface area contributed by atoms with Gasteiger partial charge < -0.3 is 19.2 Å². The third kappa shape index (κ3) is 4.21. The van der Waals surface area contributed by atoms with Gasteiger partial charge in [-0.25, -0.2) is 4.99 Å². The predicted octanol–water partition coefficient (Wildman–Crippen LogP) is 3.58. The lowest BCUT2D eigenvalue weighted by Gasteiger charge is -2.20. The van der Waals surface area contributed by atoms with Crippen LogP contribution in [0.2, 0.25) is 0 Å². The smallest absolute Gasteiger partial charge is 0.194 e. The van der Waals surface area contributed by atoms with E-state index < -0.39 is 0 Å². The van der Waals surface area contributed by atoms with Gasteiger partial charge in [0.15, 0.2) is 11.7 Å². The number of hydrogen-bond donors (Lipinski definition) is 1. The lowest BCUT2D eigenvalue weighted by molar-refractivity contribution is 0.376. The zero-order valence-corrected chi connectivity index (χ0v) is 15.0. The highest BCUT2D eigenvalue weighted by atomic mass is 16.5. The fraction of sp³-hybridized carbons (Fsp3) is 0.368. The summed E-state index contributed by atoms with van der Waals surface area (Å²) in [5.74, 6) is 2.48. The maximum absolute atomic E-state index is 5.89. The Hall–Kier alpha value is -2.76. The average Bonchev–Trinajstić information content (AvgIpc) is 3.24. The molecule has 0 unspecified atom stereocenters. The van der Waals surface area contributed by atoms with E-state index in [9.17, 15) is 0 Å². The van der Waals surface area contributed by atoms with Gasteiger partial charge in [0.2, 0.25) is 0 Å². The van der Waals surface area contributed by atoms with Gasteiger partial charge in [-0.2, -0.15) is 0 Å². The summed E-state index contributed by atoms with van der Waals surface area (Å²) in [4.78, 5) is 6.68. The molecule has 0 saturated carbocycles. The highest BCUT2D eigenvalue weighted by molar-refractivity contribution is 5.80. The largest absolute Gasteiger partial charge is 0.459 e. The molecule has 0 amide bonds. The van der Waals surface area contributed by atoms with E-state index in [-0.39, 0.29) is 0 Å². The molecule has 6 heteroatoms. The van der Waals surface area contributed by atoms with Crippen LogP contribution in [-0.4, -0.2) is 29.6 Å². The number of benzene rings is 1. The Bertz CT molecular complexity index is 817. The van der Waals surface area contributed by atoms with Crippen molar-refractivity contribution >= 4 is 16.9 Å². The van der Waals surface area contributed by atoms with Crippen molar-refractivity contribution in [3.63, 3.8) is 0 Å². The first-order valence-corrected chi connectivity index (χ1v) is 8.61. The molecule has 25 heavy (non-hydrogen) atoms. The van der Waals surface area contributed by atoms with Gasteiger partial charge in [-0.3, -0.25) is 0 Å². The molecule has 1 N–H and O–H groups in total. The highest BCUT2D eigenvalue weighted by Gasteiger charge is 2.11. The Morgan fingerprint density at radius 3 is 2.76 bits per heavy atom. The van der Waals surface area contributed by atoms with Crippen LogP contribution in [0.15, 0.2) is 50.3 Å². The third-order valence-electron chi connectivity index (χ3n) is 3.92. The second-order valence-corrected chi connectivity index (χ2v) is 5.91. The maximum Gasteiger partial charge on any atom is 0.194 e. The first-order chi connectivity index (χ1) is 12.2. The monoisotopic (exact) mass is 340 g/mol. The molecule has 0 fully saturated rings. The van der Waals surface area contributed by atoms with Crippen molar-refractivity contribution in [3.05, 3.63) is 53.6 Å². The van der Waals surface area contributed by atoms with Crippen LogP contribution in [0.5, 0.6) is 0 Å². The molecule has 0 atom stereocenters. The topological polar surface area (TPSA) is 66.8 Å². The van der Waals surface area contributed by atoms with Gasteiger partial charge in [-0.1, -0.05) is 30.3 Å². The second kappa shape index (κ2) is 7.88. The number of fused-ring (bicyclic) bond motifs is 1. The molecule has 0 saturated heterocycles. The van der Waals surface area contributed by atoms with Gasteiger partial charge in [-0.05, 0) is 25.5 Å². The van der Waals surface area contributed by atoms with Crippen LogP contribution >= 0.6 is 0 Å². The number of aromatic nitrogens is 1. The molecular formula is C19H24N4O2. The minimum Gasteiger partial charge on any atom is -0.459 e. The van der Waals surface area contributed by atoms with Crippen molar-refractivity contribution in [2.24, 2.45) is 4.99 Å². The summed E-state index contributed by atoms with van der Waals surface area (Å²) in [7, 11) is 1.99. The molecule has 0 radical (unpaired) electrons. The van der Waals surface area contributed by atoms with E-state index in [1.807, 2.05) is 43.1 Å². The minimum atomic E-state index is 0.458. The Morgan fingerprint density at radius 1 is 1.20 bits per heavy atom. The molecule has 0 bridgehead atoms. The molecule has 0 aliphatic carbocycles. The van der Waals surface area contributed by atoms with Gasteiger partial charge in [0, 0.05) is 25.0 Å². The average molecular weight is 340 g/mol. The van der Waals surface area contributed by atoms with E-state index in [4.69, 9.17) is 8.94 Å². The van der Waals surface area contributed by atoms with Crippen molar-refractivity contribution in [2.45, 2.75) is 33.4 Å². The molecule has 3 aromatic rings. The van der Waals surface area contributed by atoms with Crippen LogP contribution in [-0.2, 0) is 19.5 Å². The van der Waals surface area contributed by atoms with Crippen molar-refractivity contribution in [1.29, 1.82) is 0 Å². The van der Waals surface area contributed by atoms with Crippen LogP contribution in [0.1, 0.15) is 31.1 Å². The Balaban J connectivity index is 1.70. The van der Waals surface area contributed by atoms with E-state index in [1.54, 1.807) is 0 Å². The lowest BCUT2D eigenvalue weighted by Crippen LogP contribution is -2.38. The van der Waals surface area contributed by atoms with Gasteiger partial charge in [0.25, 0.3) is 0 Å². The SMILES string of the molecule is CCNC(=NCc1cc(CC)no1)N(C)Cc1cc2ccccc2o1. The molecule has 1 aromatic carbocycles. The molecule has 2 aromatic heterocycles. The number of para-hydroxylation sites is 1. The number of hydrogen-bond acceptors (Lipinski definition) is 4. The van der Waals surface area contributed by atoms with Crippen LogP contribution in [0.25, 0.3) is 11.0 Å². The molecule has 0 aliphatic heterocycles. The molecule has 2 heterocycles. The molecular weight excluding hydrogens is 316 g/mol. The van der Waals surface area contributed by atoms with Gasteiger partial charge in [-0.15, -0.1) is 0 Å². The summed E-state index contributed by atoms with van der Waals surface area (Å²) in [6.07, 6.45) is 0.860. The summed E-state index contributed by atoms with van der Waals surface area (Å²) < 4.78 is 11.2. The molecule has 0 aliphatic rings. The summed E-state index contributed by atoms with van der Waals surface area (Å²) >= 11 is 0. The van der Waals surface area contributed by atoms with Gasteiger partial charge in [0.1, 0.15) is 17.9 Å². The minimum absolute atomic E-state index is 0.458. The predicted molar refractivity (Wildman–Crippen MR) is 98.4 cm³/mol. The lowest BCUT2D eigenvalue weighted by atomic mass is 10.2. The number of furan rings is 1. The first-order valence-electron chi connectivity index (χ1n) is 8.61. The summed E-state index contributed by atoms with van der Waals surface area (Å²) in [5.41, 5.74) is 1.85. The number of aliphatic imine (C=N–C) groups is 1. The summed E-state index contributed by atoms with van der Waals surface area (Å²) in [5, 5.41) is 8.41. The van der Waals surface area contributed by atoms with E-state index in [2.05, 4.69) is 34.5 Å². The number of rotatable bonds is 6. The quantitative estimate of drug-likeness (QED) is 0.549. The van der Waals surface area contributed by atoms with Crippen LogP contribution in [0.3, 0.4) is 0 Å². The standard InChI is InChI=1S/C19H24N4O2/c1-4-15-11-16(25-22-15)12-21-19(20-5-2)23(3)13-17-10-14-8-6-7-9-18(14)24-17/h6-11H,4-5,12-13H2,1-3H3,(H,20,21). The van der Waals surface area contributed by atoms with E-state index in [0.29, 0.717) is 13.1 Å².